The van der Waals surface area contributed by atoms with Crippen molar-refractivity contribution >= 4 is 0 Å². The molecule has 0 aromatic carbocycles. The molecule has 0 aliphatic carbocycles. The maximum atomic E-state index is 3.67. The van der Waals surface area contributed by atoms with E-state index in [2.05, 4.69) is 51.8 Å². The van der Waals surface area contributed by atoms with Crippen molar-refractivity contribution in [2.75, 3.05) is 13.1 Å². The van der Waals surface area contributed by atoms with Crippen LogP contribution in [0.15, 0.2) is 0 Å². The average Bonchev–Trinajstić information content (AvgIpc) is 2.20. The molecule has 1 fully saturated rings. The van der Waals surface area contributed by atoms with E-state index in [4.69, 9.17) is 0 Å². The van der Waals surface area contributed by atoms with Gasteiger partial charge in [-0.2, -0.15) is 0 Å². The maximum absolute atomic E-state index is 3.67. The van der Waals surface area contributed by atoms with Crippen molar-refractivity contribution in [3.8, 4) is 0 Å². The van der Waals surface area contributed by atoms with E-state index < -0.39 is 0 Å². The van der Waals surface area contributed by atoms with Crippen LogP contribution in [-0.4, -0.2) is 36.1 Å². The van der Waals surface area contributed by atoms with Gasteiger partial charge in [0.05, 0.1) is 0 Å². The van der Waals surface area contributed by atoms with Crippen molar-refractivity contribution in [2.45, 2.75) is 78.9 Å². The minimum atomic E-state index is 0.340. The Balaban J connectivity index is 2.64. The van der Waals surface area contributed by atoms with Gasteiger partial charge in [0.25, 0.3) is 0 Å². The molecule has 0 amide bonds. The predicted octanol–water partition coefficient (Wildman–Crippen LogP) is 3.27. The molecule has 0 radical (unpaired) electrons. The van der Waals surface area contributed by atoms with E-state index >= 15 is 0 Å². The van der Waals surface area contributed by atoms with E-state index in [9.17, 15) is 0 Å². The molecule has 0 bridgehead atoms. The number of nitrogens with one attached hydrogen (secondary N) is 1. The molecule has 1 unspecified atom stereocenters. The molecule has 1 N–H and O–H groups in total. The first-order valence-corrected chi connectivity index (χ1v) is 7.35. The molecule has 3 atom stereocenters. The van der Waals surface area contributed by atoms with Gasteiger partial charge in [-0.1, -0.05) is 34.1 Å². The van der Waals surface area contributed by atoms with Crippen molar-refractivity contribution in [3.05, 3.63) is 0 Å². The topological polar surface area (TPSA) is 15.3 Å². The Bertz CT molecular complexity index is 209. The Morgan fingerprint density at radius 3 is 2.12 bits per heavy atom. The largest absolute Gasteiger partial charge is 0.312 e. The van der Waals surface area contributed by atoms with E-state index in [1.807, 2.05) is 0 Å². The molecule has 2 nitrogen and oxygen atoms in total. The minimum Gasteiger partial charge on any atom is -0.312 e. The van der Waals surface area contributed by atoms with E-state index in [1.54, 1.807) is 0 Å². The summed E-state index contributed by atoms with van der Waals surface area (Å²) in [4.78, 5) is 2.71. The van der Waals surface area contributed by atoms with Gasteiger partial charge in [-0.3, -0.25) is 4.90 Å². The molecule has 1 heterocycles. The van der Waals surface area contributed by atoms with E-state index in [1.165, 1.54) is 25.8 Å². The molecular weight excluding hydrogens is 208 g/mol. The zero-order chi connectivity index (χ0) is 13.1. The van der Waals surface area contributed by atoms with Crippen LogP contribution in [0.1, 0.15) is 60.8 Å². The lowest BCUT2D eigenvalue weighted by atomic mass is 9.85. The van der Waals surface area contributed by atoms with Crippen molar-refractivity contribution in [1.82, 2.24) is 10.2 Å². The zero-order valence-corrected chi connectivity index (χ0v) is 12.7. The fourth-order valence-electron chi connectivity index (χ4n) is 2.94. The first-order chi connectivity index (χ1) is 7.86. The lowest BCUT2D eigenvalue weighted by Gasteiger charge is -2.44. The molecule has 0 spiro atoms. The predicted molar refractivity (Wildman–Crippen MR) is 76.4 cm³/mol. The number of rotatable bonds is 4. The van der Waals surface area contributed by atoms with Crippen LogP contribution in [0.2, 0.25) is 0 Å². The molecule has 17 heavy (non-hydrogen) atoms. The number of likely N-dealkylation sites (N-methyl/N-ethyl adjacent to an activating group) is 1. The summed E-state index contributed by atoms with van der Waals surface area (Å²) in [5, 5.41) is 3.67. The van der Waals surface area contributed by atoms with E-state index in [0.717, 1.165) is 18.6 Å². The van der Waals surface area contributed by atoms with Gasteiger partial charge in [-0.15, -0.1) is 0 Å². The number of likely N-dealkylation sites (tertiary alicyclic amines) is 1. The molecule has 1 aliphatic heterocycles. The van der Waals surface area contributed by atoms with Crippen LogP contribution >= 0.6 is 0 Å². The molecular formula is C15H32N2. The summed E-state index contributed by atoms with van der Waals surface area (Å²) in [7, 11) is 0. The summed E-state index contributed by atoms with van der Waals surface area (Å²) < 4.78 is 0. The zero-order valence-electron chi connectivity index (χ0n) is 12.7. The molecule has 0 aromatic rings. The van der Waals surface area contributed by atoms with Crippen LogP contribution in [0.25, 0.3) is 0 Å². The normalized spacial score (nSPS) is 29.3. The van der Waals surface area contributed by atoms with Gasteiger partial charge < -0.3 is 5.32 Å². The number of hydrogen-bond donors (Lipinski definition) is 1. The van der Waals surface area contributed by atoms with Crippen molar-refractivity contribution in [2.24, 2.45) is 5.41 Å². The quantitative estimate of drug-likeness (QED) is 0.811. The highest BCUT2D eigenvalue weighted by atomic mass is 15.2. The Morgan fingerprint density at radius 2 is 1.71 bits per heavy atom. The van der Waals surface area contributed by atoms with Crippen molar-refractivity contribution < 1.29 is 0 Å². The Labute approximate surface area is 108 Å². The molecule has 1 aliphatic rings. The van der Waals surface area contributed by atoms with E-state index in [0.29, 0.717) is 11.5 Å². The fourth-order valence-corrected chi connectivity index (χ4v) is 2.94. The second kappa shape index (κ2) is 6.19. The van der Waals surface area contributed by atoms with Crippen molar-refractivity contribution in [1.29, 1.82) is 0 Å². The van der Waals surface area contributed by atoms with Gasteiger partial charge in [0, 0.05) is 24.7 Å². The monoisotopic (exact) mass is 240 g/mol. The first-order valence-electron chi connectivity index (χ1n) is 7.35. The number of piperidine rings is 1. The van der Waals surface area contributed by atoms with Gasteiger partial charge in [-0.25, -0.2) is 0 Å². The number of hydrogen-bond acceptors (Lipinski definition) is 2. The summed E-state index contributed by atoms with van der Waals surface area (Å²) >= 11 is 0. The SMILES string of the molecule is CCNC(CN1[C@H](C)CCC[C@@H]1C)C(C)(C)C. The summed E-state index contributed by atoms with van der Waals surface area (Å²) in [6.45, 7) is 16.3. The standard InChI is InChI=1S/C15H32N2/c1-7-16-14(15(4,5)6)11-17-12(2)9-8-10-13(17)3/h12-14,16H,7-11H2,1-6H3/t12-,13+,14?. The smallest absolute Gasteiger partial charge is 0.0243 e. The highest BCUT2D eigenvalue weighted by Crippen LogP contribution is 2.26. The second-order valence-electron chi connectivity index (χ2n) is 6.80. The van der Waals surface area contributed by atoms with Crippen LogP contribution in [0.3, 0.4) is 0 Å². The maximum Gasteiger partial charge on any atom is 0.0243 e. The van der Waals surface area contributed by atoms with Crippen LogP contribution < -0.4 is 5.32 Å². The average molecular weight is 240 g/mol. The van der Waals surface area contributed by atoms with Crippen LogP contribution in [-0.2, 0) is 0 Å². The van der Waals surface area contributed by atoms with Crippen LogP contribution in [0.4, 0.5) is 0 Å². The molecule has 102 valence electrons. The molecule has 0 saturated carbocycles. The highest BCUT2D eigenvalue weighted by Gasteiger charge is 2.31. The third kappa shape index (κ3) is 4.26. The second-order valence-corrected chi connectivity index (χ2v) is 6.80. The Hall–Kier alpha value is -0.0800. The summed E-state index contributed by atoms with van der Waals surface area (Å²) in [5.41, 5.74) is 0.340. The van der Waals surface area contributed by atoms with Crippen LogP contribution in [0, 0.1) is 5.41 Å². The third-order valence-corrected chi connectivity index (χ3v) is 4.27. The third-order valence-electron chi connectivity index (χ3n) is 4.27. The molecule has 0 aromatic heterocycles. The van der Waals surface area contributed by atoms with Gasteiger partial charge >= 0.3 is 0 Å². The molecule has 1 rings (SSSR count). The molecule has 2 heteroatoms. The minimum absolute atomic E-state index is 0.340. The van der Waals surface area contributed by atoms with Crippen LogP contribution in [0.5, 0.6) is 0 Å². The van der Waals surface area contributed by atoms with Gasteiger partial charge in [-0.05, 0) is 38.6 Å². The Kier molecular flexibility index (Phi) is 5.46. The summed E-state index contributed by atoms with van der Waals surface area (Å²) in [6, 6.07) is 2.10. The summed E-state index contributed by atoms with van der Waals surface area (Å²) in [5.74, 6) is 0. The number of nitrogens with zero attached hydrogens (tertiary/aromatic N) is 1. The van der Waals surface area contributed by atoms with Crippen molar-refractivity contribution in [3.63, 3.8) is 0 Å². The van der Waals surface area contributed by atoms with Gasteiger partial charge in [0.1, 0.15) is 0 Å². The highest BCUT2D eigenvalue weighted by molar-refractivity contribution is 4.88. The summed E-state index contributed by atoms with van der Waals surface area (Å²) in [6.07, 6.45) is 4.14. The lowest BCUT2D eigenvalue weighted by molar-refractivity contribution is 0.0700. The first kappa shape index (κ1) is 15.0. The lowest BCUT2D eigenvalue weighted by Crippen LogP contribution is -2.54. The molecule has 1 saturated heterocycles. The Morgan fingerprint density at radius 1 is 1.18 bits per heavy atom. The van der Waals surface area contributed by atoms with Gasteiger partial charge in [0.15, 0.2) is 0 Å². The fraction of sp³-hybridized carbons (Fsp3) is 1.00. The van der Waals surface area contributed by atoms with Gasteiger partial charge in [0.2, 0.25) is 0 Å². The van der Waals surface area contributed by atoms with E-state index in [-0.39, 0.29) is 0 Å².